The molecule has 0 unspecified atom stereocenters. The highest BCUT2D eigenvalue weighted by atomic mass is 35.5. The van der Waals surface area contributed by atoms with E-state index in [0.29, 0.717) is 15.6 Å². The molecule has 0 aliphatic rings. The number of amides is 1. The van der Waals surface area contributed by atoms with Crippen molar-refractivity contribution >= 4 is 57.1 Å². The van der Waals surface area contributed by atoms with Gasteiger partial charge in [-0.3, -0.25) is 4.79 Å². The molecule has 34 heavy (non-hydrogen) atoms. The third kappa shape index (κ3) is 7.07. The SMILES string of the molecule is CSc1ccc(/C=N\NC(=O)CN(Cc2ccc(Cl)cc2Cl)S(=O)(=O)c2ccc(C)cc2)cc1. The summed E-state index contributed by atoms with van der Waals surface area (Å²) in [4.78, 5) is 13.8. The van der Waals surface area contributed by atoms with Crippen LogP contribution in [0.1, 0.15) is 16.7 Å². The predicted octanol–water partition coefficient (Wildman–Crippen LogP) is 5.36. The van der Waals surface area contributed by atoms with Crippen LogP contribution in [-0.4, -0.2) is 37.6 Å². The Morgan fingerprint density at radius 3 is 2.35 bits per heavy atom. The van der Waals surface area contributed by atoms with E-state index in [1.54, 1.807) is 36.0 Å². The largest absolute Gasteiger partial charge is 0.272 e. The summed E-state index contributed by atoms with van der Waals surface area (Å²) >= 11 is 13.9. The number of hydrogen-bond donors (Lipinski definition) is 1. The Balaban J connectivity index is 1.80. The van der Waals surface area contributed by atoms with Gasteiger partial charge in [0.15, 0.2) is 0 Å². The van der Waals surface area contributed by atoms with Crippen molar-refractivity contribution in [3.8, 4) is 0 Å². The first kappa shape index (κ1) is 26.2. The molecule has 0 heterocycles. The molecule has 0 bridgehead atoms. The second-order valence-electron chi connectivity index (χ2n) is 7.39. The maximum absolute atomic E-state index is 13.4. The summed E-state index contributed by atoms with van der Waals surface area (Å²) in [7, 11) is -4.00. The molecule has 0 fully saturated rings. The van der Waals surface area contributed by atoms with Crippen molar-refractivity contribution in [3.63, 3.8) is 0 Å². The molecule has 3 rings (SSSR count). The van der Waals surface area contributed by atoms with Crippen molar-refractivity contribution < 1.29 is 13.2 Å². The monoisotopic (exact) mass is 535 g/mol. The van der Waals surface area contributed by atoms with Crippen molar-refractivity contribution in [2.75, 3.05) is 12.8 Å². The van der Waals surface area contributed by atoms with E-state index in [1.165, 1.54) is 24.4 Å². The van der Waals surface area contributed by atoms with Gasteiger partial charge in [0.05, 0.1) is 17.7 Å². The standard InChI is InChI=1S/C24H23Cl2N3O3S2/c1-17-3-11-22(12-4-17)34(31,32)29(15-19-7-8-20(25)13-23(19)26)16-24(30)28-27-14-18-5-9-21(33-2)10-6-18/h3-14H,15-16H2,1-2H3,(H,28,30)/b27-14-. The molecule has 0 spiro atoms. The van der Waals surface area contributed by atoms with E-state index in [9.17, 15) is 13.2 Å². The third-order valence-corrected chi connectivity index (χ3v) is 8.00. The molecule has 1 amide bonds. The van der Waals surface area contributed by atoms with E-state index in [-0.39, 0.29) is 11.4 Å². The lowest BCUT2D eigenvalue weighted by Gasteiger charge is -2.22. The van der Waals surface area contributed by atoms with Crippen molar-refractivity contribution in [1.29, 1.82) is 0 Å². The lowest BCUT2D eigenvalue weighted by Crippen LogP contribution is -2.39. The lowest BCUT2D eigenvalue weighted by molar-refractivity contribution is -0.121. The second kappa shape index (κ2) is 11.9. The molecule has 0 aliphatic carbocycles. The minimum atomic E-state index is -4.00. The second-order valence-corrected chi connectivity index (χ2v) is 11.0. The van der Waals surface area contributed by atoms with Gasteiger partial charge in [0, 0.05) is 21.5 Å². The smallest absolute Gasteiger partial charge is 0.255 e. The quantitative estimate of drug-likeness (QED) is 0.227. The molecule has 0 aromatic heterocycles. The van der Waals surface area contributed by atoms with Crippen LogP contribution in [0.3, 0.4) is 0 Å². The van der Waals surface area contributed by atoms with Crippen LogP contribution in [0.2, 0.25) is 10.0 Å². The highest BCUT2D eigenvalue weighted by molar-refractivity contribution is 7.98. The fraction of sp³-hybridized carbons (Fsp3) is 0.167. The summed E-state index contributed by atoms with van der Waals surface area (Å²) < 4.78 is 27.8. The summed E-state index contributed by atoms with van der Waals surface area (Å²) in [6, 6.07) is 18.8. The highest BCUT2D eigenvalue weighted by Crippen LogP contribution is 2.25. The Morgan fingerprint density at radius 1 is 1.06 bits per heavy atom. The van der Waals surface area contributed by atoms with Gasteiger partial charge in [0.25, 0.3) is 5.91 Å². The van der Waals surface area contributed by atoms with Gasteiger partial charge in [-0.2, -0.15) is 9.41 Å². The first-order chi connectivity index (χ1) is 16.2. The number of carbonyl (C=O) groups excluding carboxylic acids is 1. The minimum absolute atomic E-state index is 0.0772. The van der Waals surface area contributed by atoms with Crippen LogP contribution in [0.25, 0.3) is 0 Å². The lowest BCUT2D eigenvalue weighted by atomic mass is 10.2. The number of hydrazone groups is 1. The topological polar surface area (TPSA) is 78.8 Å². The number of aryl methyl sites for hydroxylation is 1. The Kier molecular flexibility index (Phi) is 9.16. The number of thioether (sulfide) groups is 1. The normalized spacial score (nSPS) is 11.8. The minimum Gasteiger partial charge on any atom is -0.272 e. The molecule has 0 aliphatic heterocycles. The zero-order valence-electron chi connectivity index (χ0n) is 18.5. The zero-order chi connectivity index (χ0) is 24.7. The van der Waals surface area contributed by atoms with Gasteiger partial charge >= 0.3 is 0 Å². The molecular weight excluding hydrogens is 513 g/mol. The van der Waals surface area contributed by atoms with Gasteiger partial charge in [-0.05, 0) is 60.7 Å². The van der Waals surface area contributed by atoms with Crippen molar-refractivity contribution in [2.45, 2.75) is 23.3 Å². The molecule has 0 saturated carbocycles. The Hall–Kier alpha value is -2.36. The summed E-state index contributed by atoms with van der Waals surface area (Å²) in [6.07, 6.45) is 3.48. The number of sulfonamides is 1. The predicted molar refractivity (Wildman–Crippen MR) is 139 cm³/mol. The van der Waals surface area contributed by atoms with Crippen LogP contribution in [-0.2, 0) is 21.4 Å². The Bertz CT molecular complexity index is 1280. The number of hydrogen-bond acceptors (Lipinski definition) is 5. The van der Waals surface area contributed by atoms with Crippen molar-refractivity contribution in [1.82, 2.24) is 9.73 Å². The Labute approximate surface area is 214 Å². The molecule has 0 saturated heterocycles. The summed E-state index contributed by atoms with van der Waals surface area (Å²) in [5.74, 6) is -0.585. The first-order valence-corrected chi connectivity index (χ1v) is 13.6. The van der Waals surface area contributed by atoms with Crippen LogP contribution in [0.4, 0.5) is 0 Å². The average molecular weight is 537 g/mol. The molecule has 0 radical (unpaired) electrons. The molecule has 6 nitrogen and oxygen atoms in total. The van der Waals surface area contributed by atoms with Crippen molar-refractivity contribution in [2.24, 2.45) is 5.10 Å². The van der Waals surface area contributed by atoms with Gasteiger partial charge in [-0.25, -0.2) is 13.8 Å². The average Bonchev–Trinajstić information content (AvgIpc) is 2.81. The molecule has 0 atom stereocenters. The number of rotatable bonds is 9. The van der Waals surface area contributed by atoms with Crippen LogP contribution >= 0.6 is 35.0 Å². The van der Waals surface area contributed by atoms with Crippen LogP contribution in [0.15, 0.2) is 81.6 Å². The van der Waals surface area contributed by atoms with E-state index in [0.717, 1.165) is 20.3 Å². The number of nitrogens with one attached hydrogen (secondary N) is 1. The number of carbonyl (C=O) groups is 1. The van der Waals surface area contributed by atoms with Gasteiger partial charge in [0.2, 0.25) is 10.0 Å². The zero-order valence-corrected chi connectivity index (χ0v) is 21.7. The fourth-order valence-corrected chi connectivity index (χ4v) is 5.24. The summed E-state index contributed by atoms with van der Waals surface area (Å²) in [5.41, 5.74) is 4.64. The van der Waals surface area contributed by atoms with Crippen LogP contribution in [0, 0.1) is 6.92 Å². The van der Waals surface area contributed by atoms with Gasteiger partial charge in [0.1, 0.15) is 0 Å². The van der Waals surface area contributed by atoms with E-state index in [2.05, 4.69) is 10.5 Å². The maximum Gasteiger partial charge on any atom is 0.255 e. The number of benzene rings is 3. The van der Waals surface area contributed by atoms with Crippen LogP contribution < -0.4 is 5.43 Å². The number of nitrogens with zero attached hydrogens (tertiary/aromatic N) is 2. The maximum atomic E-state index is 13.4. The van der Waals surface area contributed by atoms with Gasteiger partial charge in [-0.15, -0.1) is 11.8 Å². The van der Waals surface area contributed by atoms with E-state index in [1.807, 2.05) is 37.4 Å². The molecule has 10 heteroatoms. The van der Waals surface area contributed by atoms with Crippen molar-refractivity contribution in [3.05, 3.63) is 93.5 Å². The fourth-order valence-electron chi connectivity index (χ4n) is 2.99. The van der Waals surface area contributed by atoms with Crippen LogP contribution in [0.5, 0.6) is 0 Å². The number of halogens is 2. The van der Waals surface area contributed by atoms with E-state index < -0.39 is 22.5 Å². The molecule has 3 aromatic rings. The van der Waals surface area contributed by atoms with E-state index in [4.69, 9.17) is 23.2 Å². The molecular formula is C24H23Cl2N3O3S2. The first-order valence-electron chi connectivity index (χ1n) is 10.2. The highest BCUT2D eigenvalue weighted by Gasteiger charge is 2.27. The molecule has 3 aromatic carbocycles. The summed E-state index contributed by atoms with van der Waals surface area (Å²) in [5, 5.41) is 4.70. The summed E-state index contributed by atoms with van der Waals surface area (Å²) in [6.45, 7) is 1.30. The van der Waals surface area contributed by atoms with Gasteiger partial charge in [-0.1, -0.05) is 59.1 Å². The molecule has 178 valence electrons. The third-order valence-electron chi connectivity index (χ3n) is 4.86. The van der Waals surface area contributed by atoms with Gasteiger partial charge < -0.3 is 0 Å². The van der Waals surface area contributed by atoms with E-state index >= 15 is 0 Å². The Morgan fingerprint density at radius 2 is 1.74 bits per heavy atom. The molecule has 1 N–H and O–H groups in total.